The summed E-state index contributed by atoms with van der Waals surface area (Å²) in [7, 11) is 1.49. The molecule has 0 unspecified atom stereocenters. The van der Waals surface area contributed by atoms with E-state index in [1.807, 2.05) is 0 Å². The Morgan fingerprint density at radius 3 is 2.65 bits per heavy atom. The summed E-state index contributed by atoms with van der Waals surface area (Å²) in [6.07, 6.45) is 1.62. The number of rotatable bonds is 6. The molecule has 0 atom stereocenters. The molecule has 1 aromatic heterocycles. The number of aromatic nitrogens is 2. The molecule has 0 spiro atoms. The summed E-state index contributed by atoms with van der Waals surface area (Å²) >= 11 is 0. The number of benzene rings is 2. The summed E-state index contributed by atoms with van der Waals surface area (Å²) in [6, 6.07) is 12.0. The highest BCUT2D eigenvalue weighted by Crippen LogP contribution is 2.12. The number of hydrogen-bond acceptors (Lipinski definition) is 3. The second-order valence-electron chi connectivity index (χ2n) is 5.66. The number of amides is 1. The molecule has 0 fully saturated rings. The Bertz CT molecular complexity index is 907. The van der Waals surface area contributed by atoms with E-state index < -0.39 is 0 Å². The summed E-state index contributed by atoms with van der Waals surface area (Å²) < 4.78 is 33.0. The van der Waals surface area contributed by atoms with Crippen LogP contribution < -0.4 is 5.32 Å². The van der Waals surface area contributed by atoms with Crippen LogP contribution in [-0.2, 0) is 17.9 Å². The zero-order valence-corrected chi connectivity index (χ0v) is 14.1. The lowest BCUT2D eigenvalue weighted by molar-refractivity contribution is 0.0945. The Morgan fingerprint density at radius 2 is 1.92 bits per heavy atom. The minimum atomic E-state index is -0.358. The number of carbonyl (C=O) groups excluding carboxylic acids is 1. The van der Waals surface area contributed by atoms with E-state index in [9.17, 15) is 13.6 Å². The monoisotopic (exact) mass is 357 g/mol. The van der Waals surface area contributed by atoms with Crippen molar-refractivity contribution in [3.8, 4) is 5.69 Å². The normalized spacial score (nSPS) is 10.7. The molecule has 0 aliphatic carbocycles. The Labute approximate surface area is 149 Å². The van der Waals surface area contributed by atoms with Gasteiger partial charge in [0.1, 0.15) is 11.6 Å². The Balaban J connectivity index is 1.65. The molecule has 0 aliphatic heterocycles. The maximum atomic E-state index is 13.6. The lowest BCUT2D eigenvalue weighted by atomic mass is 10.1. The standard InChI is InChI=1S/C19H17F2N3O2/c1-26-12-14-10-13(2-7-17(14)21)11-22-19(25)18-8-9-24(23-18)16-5-3-15(20)4-6-16/h2-10H,11-12H2,1H3,(H,22,25). The topological polar surface area (TPSA) is 56.1 Å². The van der Waals surface area contributed by atoms with Crippen molar-refractivity contribution in [2.24, 2.45) is 0 Å². The van der Waals surface area contributed by atoms with Gasteiger partial charge in [0.25, 0.3) is 5.91 Å². The Kier molecular flexibility index (Phi) is 5.38. The van der Waals surface area contributed by atoms with E-state index in [4.69, 9.17) is 4.74 Å². The highest BCUT2D eigenvalue weighted by Gasteiger charge is 2.11. The highest BCUT2D eigenvalue weighted by molar-refractivity contribution is 5.92. The van der Waals surface area contributed by atoms with Gasteiger partial charge < -0.3 is 10.1 Å². The number of nitrogens with one attached hydrogen (secondary N) is 1. The fourth-order valence-corrected chi connectivity index (χ4v) is 2.46. The van der Waals surface area contributed by atoms with Crippen LogP contribution in [0.2, 0.25) is 0 Å². The molecule has 3 aromatic rings. The van der Waals surface area contributed by atoms with Gasteiger partial charge in [-0.1, -0.05) is 6.07 Å². The molecular formula is C19H17F2N3O2. The van der Waals surface area contributed by atoms with E-state index >= 15 is 0 Å². The van der Waals surface area contributed by atoms with Crippen molar-refractivity contribution in [3.05, 3.63) is 83.2 Å². The van der Waals surface area contributed by atoms with Crippen LogP contribution in [0.15, 0.2) is 54.7 Å². The molecule has 0 saturated heterocycles. The molecule has 5 nitrogen and oxygen atoms in total. The molecule has 0 radical (unpaired) electrons. The smallest absolute Gasteiger partial charge is 0.272 e. The molecule has 1 amide bonds. The molecular weight excluding hydrogens is 340 g/mol. The van der Waals surface area contributed by atoms with Gasteiger partial charge in [-0.15, -0.1) is 0 Å². The third kappa shape index (κ3) is 4.12. The zero-order valence-electron chi connectivity index (χ0n) is 14.1. The molecule has 0 saturated carbocycles. The van der Waals surface area contributed by atoms with Gasteiger partial charge in [-0.05, 0) is 48.0 Å². The first kappa shape index (κ1) is 17.8. The number of nitrogens with zero attached hydrogens (tertiary/aromatic N) is 2. The summed E-state index contributed by atoms with van der Waals surface area (Å²) in [5.41, 5.74) is 2.06. The van der Waals surface area contributed by atoms with Gasteiger partial charge in [0.2, 0.25) is 0 Å². The zero-order chi connectivity index (χ0) is 18.5. The SMILES string of the molecule is COCc1cc(CNC(=O)c2ccn(-c3ccc(F)cc3)n2)ccc1F. The first-order valence-corrected chi connectivity index (χ1v) is 7.93. The lowest BCUT2D eigenvalue weighted by Gasteiger charge is -2.07. The van der Waals surface area contributed by atoms with Crippen molar-refractivity contribution in [1.29, 1.82) is 0 Å². The van der Waals surface area contributed by atoms with Gasteiger partial charge in [-0.3, -0.25) is 4.79 Å². The maximum Gasteiger partial charge on any atom is 0.272 e. The molecule has 2 aromatic carbocycles. The van der Waals surface area contributed by atoms with Crippen LogP contribution in [0, 0.1) is 11.6 Å². The van der Waals surface area contributed by atoms with Crippen LogP contribution in [0.25, 0.3) is 5.69 Å². The second-order valence-corrected chi connectivity index (χ2v) is 5.66. The third-order valence-electron chi connectivity index (χ3n) is 3.78. The fourth-order valence-electron chi connectivity index (χ4n) is 2.46. The van der Waals surface area contributed by atoms with Crippen LogP contribution in [0.1, 0.15) is 21.6 Å². The summed E-state index contributed by atoms with van der Waals surface area (Å²) in [5.74, 6) is -1.05. The fraction of sp³-hybridized carbons (Fsp3) is 0.158. The van der Waals surface area contributed by atoms with E-state index in [-0.39, 0.29) is 36.4 Å². The average Bonchev–Trinajstić information content (AvgIpc) is 3.13. The van der Waals surface area contributed by atoms with Crippen molar-refractivity contribution in [2.75, 3.05) is 7.11 Å². The number of hydrogen-bond donors (Lipinski definition) is 1. The predicted octanol–water partition coefficient (Wildman–Crippen LogP) is 3.23. The molecule has 1 N–H and O–H groups in total. The van der Waals surface area contributed by atoms with E-state index in [1.165, 1.54) is 30.0 Å². The van der Waals surface area contributed by atoms with E-state index in [0.717, 1.165) is 5.56 Å². The van der Waals surface area contributed by atoms with Crippen LogP contribution >= 0.6 is 0 Å². The largest absolute Gasteiger partial charge is 0.380 e. The van der Waals surface area contributed by atoms with Crippen LogP contribution in [0.4, 0.5) is 8.78 Å². The lowest BCUT2D eigenvalue weighted by Crippen LogP contribution is -2.23. The summed E-state index contributed by atoms with van der Waals surface area (Å²) in [4.78, 5) is 12.2. The number of ether oxygens (including phenoxy) is 1. The first-order valence-electron chi connectivity index (χ1n) is 7.93. The van der Waals surface area contributed by atoms with Gasteiger partial charge >= 0.3 is 0 Å². The third-order valence-corrected chi connectivity index (χ3v) is 3.78. The quantitative estimate of drug-likeness (QED) is 0.737. The summed E-state index contributed by atoms with van der Waals surface area (Å²) in [5, 5.41) is 6.93. The second kappa shape index (κ2) is 7.88. The predicted molar refractivity (Wildman–Crippen MR) is 91.8 cm³/mol. The molecule has 134 valence electrons. The number of carbonyl (C=O) groups is 1. The minimum Gasteiger partial charge on any atom is -0.380 e. The molecule has 0 bridgehead atoms. The minimum absolute atomic E-state index is 0.162. The van der Waals surface area contributed by atoms with E-state index in [2.05, 4.69) is 10.4 Å². The maximum absolute atomic E-state index is 13.6. The molecule has 26 heavy (non-hydrogen) atoms. The highest BCUT2D eigenvalue weighted by atomic mass is 19.1. The van der Waals surface area contributed by atoms with Crippen molar-refractivity contribution < 1.29 is 18.3 Å². The molecule has 1 heterocycles. The van der Waals surface area contributed by atoms with Gasteiger partial charge in [-0.25, -0.2) is 13.5 Å². The first-order chi connectivity index (χ1) is 12.6. The van der Waals surface area contributed by atoms with Crippen molar-refractivity contribution in [3.63, 3.8) is 0 Å². The van der Waals surface area contributed by atoms with Crippen LogP contribution in [0.3, 0.4) is 0 Å². The van der Waals surface area contributed by atoms with Crippen molar-refractivity contribution in [1.82, 2.24) is 15.1 Å². The van der Waals surface area contributed by atoms with Gasteiger partial charge in [0.15, 0.2) is 5.69 Å². The van der Waals surface area contributed by atoms with Gasteiger partial charge in [-0.2, -0.15) is 5.10 Å². The van der Waals surface area contributed by atoms with Crippen molar-refractivity contribution >= 4 is 5.91 Å². The van der Waals surface area contributed by atoms with E-state index in [1.54, 1.807) is 36.5 Å². The molecule has 7 heteroatoms. The average molecular weight is 357 g/mol. The Hall–Kier alpha value is -3.06. The number of halogens is 2. The molecule has 0 aliphatic rings. The van der Waals surface area contributed by atoms with Gasteiger partial charge in [0, 0.05) is 25.4 Å². The summed E-state index contributed by atoms with van der Waals surface area (Å²) in [6.45, 7) is 0.398. The Morgan fingerprint density at radius 1 is 1.15 bits per heavy atom. The molecule has 3 rings (SSSR count). The van der Waals surface area contributed by atoms with Crippen LogP contribution in [-0.4, -0.2) is 22.8 Å². The van der Waals surface area contributed by atoms with Crippen LogP contribution in [0.5, 0.6) is 0 Å². The van der Waals surface area contributed by atoms with Crippen molar-refractivity contribution in [2.45, 2.75) is 13.2 Å². The number of methoxy groups -OCH3 is 1. The van der Waals surface area contributed by atoms with E-state index in [0.29, 0.717) is 11.3 Å². The van der Waals surface area contributed by atoms with Gasteiger partial charge in [0.05, 0.1) is 12.3 Å².